The van der Waals surface area contributed by atoms with Crippen LogP contribution in [-0.2, 0) is 16.4 Å². The van der Waals surface area contributed by atoms with E-state index in [2.05, 4.69) is 9.97 Å². The first-order valence-electron chi connectivity index (χ1n) is 5.25. The molecule has 0 radical (unpaired) electrons. The van der Waals surface area contributed by atoms with E-state index in [0.717, 1.165) is 11.4 Å². The van der Waals surface area contributed by atoms with E-state index in [1.165, 1.54) is 0 Å². The van der Waals surface area contributed by atoms with Gasteiger partial charge in [0.2, 0.25) is 0 Å². The Morgan fingerprint density at radius 1 is 1.50 bits per heavy atom. The summed E-state index contributed by atoms with van der Waals surface area (Å²) in [6, 6.07) is 1.83. The normalized spacial score (nSPS) is 23.5. The van der Waals surface area contributed by atoms with E-state index in [9.17, 15) is 8.42 Å². The number of rotatable bonds is 2. The molecule has 2 rings (SSSR count). The van der Waals surface area contributed by atoms with Crippen LogP contribution >= 0.6 is 0 Å². The lowest BCUT2D eigenvalue weighted by Gasteiger charge is -2.08. The fourth-order valence-electron chi connectivity index (χ4n) is 1.94. The molecule has 0 aromatic carbocycles. The van der Waals surface area contributed by atoms with E-state index in [-0.39, 0.29) is 17.4 Å². The maximum absolute atomic E-state index is 11.4. The molecule has 1 aromatic heterocycles. The quantitative estimate of drug-likeness (QED) is 0.796. The summed E-state index contributed by atoms with van der Waals surface area (Å²) in [6.45, 7) is 2.23. The van der Waals surface area contributed by atoms with Crippen LogP contribution in [0.2, 0.25) is 0 Å². The zero-order valence-corrected chi connectivity index (χ0v) is 10.00. The Labute approximate surface area is 95.0 Å². The second-order valence-electron chi connectivity index (χ2n) is 4.16. The minimum Gasteiger partial charge on any atom is -0.325 e. The van der Waals surface area contributed by atoms with E-state index in [4.69, 9.17) is 5.73 Å². The van der Waals surface area contributed by atoms with Crippen LogP contribution in [0, 0.1) is 6.92 Å². The van der Waals surface area contributed by atoms with Crippen molar-refractivity contribution in [2.45, 2.75) is 25.8 Å². The molecule has 1 aliphatic rings. The van der Waals surface area contributed by atoms with Gasteiger partial charge < -0.3 is 5.73 Å². The van der Waals surface area contributed by atoms with Gasteiger partial charge >= 0.3 is 0 Å². The van der Waals surface area contributed by atoms with Crippen LogP contribution in [0.5, 0.6) is 0 Å². The highest BCUT2D eigenvalue weighted by Gasteiger charge is 2.31. The van der Waals surface area contributed by atoms with Gasteiger partial charge in [-0.15, -0.1) is 0 Å². The Hall–Kier alpha value is -1.01. The lowest BCUT2D eigenvalue weighted by molar-refractivity contribution is 0.601. The molecule has 0 aliphatic carbocycles. The summed E-state index contributed by atoms with van der Waals surface area (Å²) in [6.07, 6.45) is 0.621. The molecule has 1 aromatic rings. The van der Waals surface area contributed by atoms with Crippen LogP contribution in [-0.4, -0.2) is 29.9 Å². The van der Waals surface area contributed by atoms with Gasteiger partial charge in [0.05, 0.1) is 17.2 Å². The van der Waals surface area contributed by atoms with Crippen LogP contribution in [0.1, 0.15) is 29.6 Å². The van der Waals surface area contributed by atoms with Crippen LogP contribution in [0.15, 0.2) is 6.07 Å². The Morgan fingerprint density at radius 3 is 2.81 bits per heavy atom. The average molecular weight is 241 g/mol. The Kier molecular flexibility index (Phi) is 2.94. The first-order chi connectivity index (χ1) is 7.50. The largest absolute Gasteiger partial charge is 0.325 e. The lowest BCUT2D eigenvalue weighted by atomic mass is 10.1. The van der Waals surface area contributed by atoms with E-state index in [1.807, 2.05) is 13.0 Å². The summed E-state index contributed by atoms with van der Waals surface area (Å²) in [4.78, 5) is 8.60. The molecule has 0 bridgehead atoms. The Morgan fingerprint density at radius 2 is 2.25 bits per heavy atom. The zero-order chi connectivity index (χ0) is 11.8. The van der Waals surface area contributed by atoms with Crippen molar-refractivity contribution in [3.05, 3.63) is 23.3 Å². The molecule has 0 spiro atoms. The van der Waals surface area contributed by atoms with E-state index in [0.29, 0.717) is 18.8 Å². The molecule has 1 unspecified atom stereocenters. The van der Waals surface area contributed by atoms with Crippen molar-refractivity contribution in [3.63, 3.8) is 0 Å². The van der Waals surface area contributed by atoms with Crippen molar-refractivity contribution in [3.8, 4) is 0 Å². The summed E-state index contributed by atoms with van der Waals surface area (Å²) in [5, 5.41) is 0. The molecule has 0 amide bonds. The van der Waals surface area contributed by atoms with E-state index < -0.39 is 9.84 Å². The van der Waals surface area contributed by atoms with Gasteiger partial charge in [0.15, 0.2) is 9.84 Å². The molecule has 2 N–H and O–H groups in total. The molecule has 1 fully saturated rings. The number of nitrogens with zero attached hydrogens (tertiary/aromatic N) is 2. The molecule has 6 heteroatoms. The Bertz CT molecular complexity index is 499. The van der Waals surface area contributed by atoms with Crippen LogP contribution < -0.4 is 5.73 Å². The maximum atomic E-state index is 11.4. The highest BCUT2D eigenvalue weighted by Crippen LogP contribution is 2.26. The number of hydrogen-bond donors (Lipinski definition) is 1. The van der Waals surface area contributed by atoms with Crippen molar-refractivity contribution in [2.24, 2.45) is 5.73 Å². The smallest absolute Gasteiger partial charge is 0.151 e. The second kappa shape index (κ2) is 4.10. The first-order valence-corrected chi connectivity index (χ1v) is 7.07. The fraction of sp³-hybridized carbons (Fsp3) is 0.600. The molecule has 1 atom stereocenters. The molecule has 1 saturated heterocycles. The van der Waals surface area contributed by atoms with E-state index >= 15 is 0 Å². The van der Waals surface area contributed by atoms with Crippen LogP contribution in [0.4, 0.5) is 0 Å². The maximum Gasteiger partial charge on any atom is 0.151 e. The van der Waals surface area contributed by atoms with Crippen LogP contribution in [0.25, 0.3) is 0 Å². The first kappa shape index (κ1) is 11.5. The number of sulfone groups is 1. The van der Waals surface area contributed by atoms with Gasteiger partial charge in [-0.25, -0.2) is 18.4 Å². The lowest BCUT2D eigenvalue weighted by Crippen LogP contribution is -2.11. The van der Waals surface area contributed by atoms with Gasteiger partial charge in [-0.1, -0.05) is 0 Å². The average Bonchev–Trinajstić information content (AvgIpc) is 2.58. The minimum absolute atomic E-state index is 0.0600. The number of nitrogens with two attached hydrogens (primary N) is 1. The standard InChI is InChI=1S/C10H15N3O2S/c1-7-4-9(5-11)13-10(12-7)8-2-3-16(14,15)6-8/h4,8H,2-3,5-6,11H2,1H3. The van der Waals surface area contributed by atoms with Crippen LogP contribution in [0.3, 0.4) is 0 Å². The topological polar surface area (TPSA) is 85.9 Å². The van der Waals surface area contributed by atoms with Crippen molar-refractivity contribution >= 4 is 9.84 Å². The summed E-state index contributed by atoms with van der Waals surface area (Å²) in [5.41, 5.74) is 7.14. The molecule has 88 valence electrons. The summed E-state index contributed by atoms with van der Waals surface area (Å²) in [5.74, 6) is 0.977. The summed E-state index contributed by atoms with van der Waals surface area (Å²) >= 11 is 0. The summed E-state index contributed by atoms with van der Waals surface area (Å²) < 4.78 is 22.7. The van der Waals surface area contributed by atoms with Gasteiger partial charge in [-0.05, 0) is 19.4 Å². The van der Waals surface area contributed by atoms with Crippen molar-refractivity contribution < 1.29 is 8.42 Å². The van der Waals surface area contributed by atoms with Gasteiger partial charge in [-0.3, -0.25) is 0 Å². The van der Waals surface area contributed by atoms with Gasteiger partial charge in [0.25, 0.3) is 0 Å². The SMILES string of the molecule is Cc1cc(CN)nc(C2CCS(=O)(=O)C2)n1. The van der Waals surface area contributed by atoms with Gasteiger partial charge in [0, 0.05) is 18.2 Å². The predicted molar refractivity (Wildman–Crippen MR) is 60.7 cm³/mol. The minimum atomic E-state index is -2.89. The van der Waals surface area contributed by atoms with Crippen molar-refractivity contribution in [1.82, 2.24) is 9.97 Å². The van der Waals surface area contributed by atoms with Crippen molar-refractivity contribution in [1.29, 1.82) is 0 Å². The van der Waals surface area contributed by atoms with Gasteiger partial charge in [-0.2, -0.15) is 0 Å². The number of hydrogen-bond acceptors (Lipinski definition) is 5. The molecular weight excluding hydrogens is 226 g/mol. The Balaban J connectivity index is 2.31. The van der Waals surface area contributed by atoms with E-state index in [1.54, 1.807) is 0 Å². The molecular formula is C10H15N3O2S. The molecule has 16 heavy (non-hydrogen) atoms. The number of aromatic nitrogens is 2. The molecule has 2 heterocycles. The van der Waals surface area contributed by atoms with Gasteiger partial charge in [0.1, 0.15) is 5.82 Å². The van der Waals surface area contributed by atoms with Crippen molar-refractivity contribution in [2.75, 3.05) is 11.5 Å². The number of aryl methyl sites for hydroxylation is 1. The highest BCUT2D eigenvalue weighted by molar-refractivity contribution is 7.91. The molecule has 1 aliphatic heterocycles. The molecule has 5 nitrogen and oxygen atoms in total. The predicted octanol–water partition coefficient (Wildman–Crippen LogP) is 0.146. The zero-order valence-electron chi connectivity index (χ0n) is 9.18. The fourth-order valence-corrected chi connectivity index (χ4v) is 3.68. The third-order valence-corrected chi connectivity index (χ3v) is 4.50. The molecule has 0 saturated carbocycles. The third-order valence-electron chi connectivity index (χ3n) is 2.73. The third kappa shape index (κ3) is 2.38. The second-order valence-corrected chi connectivity index (χ2v) is 6.39. The summed E-state index contributed by atoms with van der Waals surface area (Å²) in [7, 11) is -2.89. The monoisotopic (exact) mass is 241 g/mol. The highest BCUT2D eigenvalue weighted by atomic mass is 32.2.